The third-order valence-corrected chi connectivity index (χ3v) is 6.26. The molecule has 40 heavy (non-hydrogen) atoms. The second-order valence-electron chi connectivity index (χ2n) is 8.64. The molecular weight excluding hydrogens is 552 g/mol. The number of hydrogen-bond donors (Lipinski definition) is 2. The summed E-state index contributed by atoms with van der Waals surface area (Å²) in [5.41, 5.74) is 0.217. The van der Waals surface area contributed by atoms with Crippen molar-refractivity contribution in [3.63, 3.8) is 0 Å². The highest BCUT2D eigenvalue weighted by atomic mass is 19.4. The van der Waals surface area contributed by atoms with Crippen LogP contribution in [-0.2, 0) is 9.59 Å². The molecule has 0 aliphatic rings. The second kappa shape index (κ2) is 12.3. The molecule has 14 heteroatoms. The van der Waals surface area contributed by atoms with Gasteiger partial charge in [-0.25, -0.2) is 0 Å². The number of alkyl halides is 8. The van der Waals surface area contributed by atoms with Gasteiger partial charge in [-0.2, -0.15) is 35.1 Å². The van der Waals surface area contributed by atoms with Gasteiger partial charge >= 0.3 is 35.5 Å². The Labute approximate surface area is 226 Å². The van der Waals surface area contributed by atoms with Crippen LogP contribution in [-0.4, -0.2) is 61.7 Å². The van der Waals surface area contributed by atoms with Crippen LogP contribution in [0.4, 0.5) is 57.9 Å². The van der Waals surface area contributed by atoms with Gasteiger partial charge in [0.15, 0.2) is 0 Å². The number of amides is 2. The summed E-state index contributed by atoms with van der Waals surface area (Å²) >= 11 is 0. The Morgan fingerprint density at radius 2 is 0.800 bits per heavy atom. The van der Waals surface area contributed by atoms with Gasteiger partial charge in [-0.15, -0.1) is 0 Å². The lowest BCUT2D eigenvalue weighted by atomic mass is 9.97. The maximum absolute atomic E-state index is 14.4. The van der Waals surface area contributed by atoms with Crippen molar-refractivity contribution >= 4 is 34.6 Å². The molecule has 222 valence electrons. The smallest absolute Gasteiger partial charge is 0.372 e. The predicted molar refractivity (Wildman–Crippen MR) is 137 cm³/mol. The fourth-order valence-electron chi connectivity index (χ4n) is 3.79. The molecule has 0 saturated heterocycles. The lowest BCUT2D eigenvalue weighted by molar-refractivity contribution is -0.345. The van der Waals surface area contributed by atoms with Crippen LogP contribution in [0.15, 0.2) is 48.5 Å². The molecule has 0 bridgehead atoms. The first-order valence-electron chi connectivity index (χ1n) is 12.4. The Kier molecular flexibility index (Phi) is 10.0. The quantitative estimate of drug-likeness (QED) is 0.265. The minimum atomic E-state index is -6.97. The average Bonchev–Trinajstić information content (AvgIpc) is 2.91. The Bertz CT molecular complexity index is 1060. The van der Waals surface area contributed by atoms with Gasteiger partial charge in [0.05, 0.1) is 0 Å². The van der Waals surface area contributed by atoms with E-state index in [9.17, 15) is 44.7 Å². The molecule has 0 aromatic heterocycles. The van der Waals surface area contributed by atoms with Crippen molar-refractivity contribution in [3.8, 4) is 0 Å². The summed E-state index contributed by atoms with van der Waals surface area (Å²) in [7, 11) is 0. The molecule has 0 spiro atoms. The third kappa shape index (κ3) is 6.09. The Morgan fingerprint density at radius 1 is 0.550 bits per heavy atom. The Morgan fingerprint density at radius 3 is 1.02 bits per heavy atom. The number of hydrogen-bond acceptors (Lipinski definition) is 4. The molecule has 0 fully saturated rings. The van der Waals surface area contributed by atoms with Gasteiger partial charge in [-0.3, -0.25) is 9.59 Å². The van der Waals surface area contributed by atoms with E-state index in [2.05, 4.69) is 0 Å². The van der Waals surface area contributed by atoms with E-state index < -0.39 is 46.9 Å². The van der Waals surface area contributed by atoms with E-state index in [1.165, 1.54) is 34.9 Å². The van der Waals surface area contributed by atoms with Crippen LogP contribution >= 0.6 is 0 Å². The van der Waals surface area contributed by atoms with E-state index in [-0.39, 0.29) is 0 Å². The molecule has 6 nitrogen and oxygen atoms in total. The number of nitrogens with one attached hydrogen (secondary N) is 2. The number of nitrogens with zero attached hydrogens (tertiary/aromatic N) is 2. The molecule has 2 amide bonds. The summed E-state index contributed by atoms with van der Waals surface area (Å²) < 4.78 is 115. The van der Waals surface area contributed by atoms with Crippen LogP contribution < -0.4 is 20.4 Å². The minimum absolute atomic E-state index is 0.475. The number of rotatable bonds is 13. The fourth-order valence-corrected chi connectivity index (χ4v) is 3.79. The van der Waals surface area contributed by atoms with Gasteiger partial charge in [0.2, 0.25) is 0 Å². The van der Waals surface area contributed by atoms with E-state index >= 15 is 0 Å². The first-order valence-corrected chi connectivity index (χ1v) is 12.4. The van der Waals surface area contributed by atoms with E-state index in [1.54, 1.807) is 0 Å². The second-order valence-corrected chi connectivity index (χ2v) is 8.64. The SMILES string of the molecule is CCN(CC)c1ccc(NC(=O)C(F)(F)C(F)(F)C(F)(F)C(F)(F)C(=O)Nc2ccc(N(CC)CC)cc2)cc1. The highest BCUT2D eigenvalue weighted by molar-refractivity contribution is 5.99. The number of carbonyl (C=O) groups excluding carboxylic acids is 2. The number of halogens is 8. The van der Waals surface area contributed by atoms with Crippen LogP contribution in [0.1, 0.15) is 27.7 Å². The molecule has 0 heterocycles. The van der Waals surface area contributed by atoms with Crippen molar-refractivity contribution in [2.45, 2.75) is 51.4 Å². The summed E-state index contributed by atoms with van der Waals surface area (Å²) in [4.78, 5) is 27.5. The van der Waals surface area contributed by atoms with E-state index in [0.29, 0.717) is 37.6 Å². The highest BCUT2D eigenvalue weighted by Crippen LogP contribution is 2.53. The van der Waals surface area contributed by atoms with Crippen LogP contribution in [0.3, 0.4) is 0 Å². The molecule has 0 radical (unpaired) electrons. The molecule has 0 atom stereocenters. The van der Waals surface area contributed by atoms with Crippen molar-refractivity contribution < 1.29 is 44.7 Å². The van der Waals surface area contributed by atoms with Gasteiger partial charge < -0.3 is 20.4 Å². The summed E-state index contributed by atoms with van der Waals surface area (Å²) in [5.74, 6) is -32.6. The highest BCUT2D eigenvalue weighted by Gasteiger charge is 2.84. The van der Waals surface area contributed by atoms with Crippen molar-refractivity contribution in [1.82, 2.24) is 0 Å². The summed E-state index contributed by atoms with van der Waals surface area (Å²) in [6.07, 6.45) is 0. The first-order chi connectivity index (χ1) is 18.5. The number of anilines is 4. The zero-order valence-corrected chi connectivity index (χ0v) is 22.2. The molecular formula is C26H30F8N4O2. The zero-order valence-electron chi connectivity index (χ0n) is 22.2. The van der Waals surface area contributed by atoms with Crippen molar-refractivity contribution in [2.24, 2.45) is 0 Å². The molecule has 0 aliphatic carbocycles. The molecule has 2 rings (SSSR count). The molecule has 0 unspecified atom stereocenters. The summed E-state index contributed by atoms with van der Waals surface area (Å²) in [6.45, 7) is 9.52. The van der Waals surface area contributed by atoms with Crippen molar-refractivity contribution in [1.29, 1.82) is 0 Å². The molecule has 2 aromatic rings. The van der Waals surface area contributed by atoms with Gasteiger partial charge in [0.25, 0.3) is 0 Å². The first kappa shape index (κ1) is 32.6. The van der Waals surface area contributed by atoms with Crippen LogP contribution in [0.2, 0.25) is 0 Å². The van der Waals surface area contributed by atoms with Gasteiger partial charge in [-0.05, 0) is 76.2 Å². The van der Waals surface area contributed by atoms with Crippen molar-refractivity contribution in [2.75, 3.05) is 46.6 Å². The lowest BCUT2D eigenvalue weighted by Crippen LogP contribution is -2.67. The maximum Gasteiger partial charge on any atom is 0.393 e. The third-order valence-electron chi connectivity index (χ3n) is 6.26. The normalized spacial score (nSPS) is 12.6. The van der Waals surface area contributed by atoms with Gasteiger partial charge in [0, 0.05) is 48.9 Å². The Hall–Kier alpha value is -3.58. The van der Waals surface area contributed by atoms with Crippen LogP contribution in [0, 0.1) is 0 Å². The van der Waals surface area contributed by atoms with Crippen LogP contribution in [0.25, 0.3) is 0 Å². The van der Waals surface area contributed by atoms with E-state index in [0.717, 1.165) is 24.3 Å². The fraction of sp³-hybridized carbons (Fsp3) is 0.462. The lowest BCUT2D eigenvalue weighted by Gasteiger charge is -2.35. The standard InChI is InChI=1S/C26H30F8N4O2/c1-5-37(6-2)19-13-9-17(10-14-19)35-21(39)23(27,28)25(31,32)26(33,34)24(29,30)22(40)36-18-11-15-20(16-12-18)38(7-3)8-4/h9-16H,5-8H2,1-4H3,(H,35,39)(H,36,40). The maximum atomic E-state index is 14.4. The minimum Gasteiger partial charge on any atom is -0.372 e. The molecule has 2 aromatic carbocycles. The molecule has 0 aliphatic heterocycles. The number of carbonyl (C=O) groups is 2. The Balaban J connectivity index is 2.24. The summed E-state index contributed by atoms with van der Waals surface area (Å²) in [6, 6.07) is 9.58. The van der Waals surface area contributed by atoms with E-state index in [4.69, 9.17) is 0 Å². The zero-order chi connectivity index (χ0) is 30.5. The van der Waals surface area contributed by atoms with Gasteiger partial charge in [-0.1, -0.05) is 0 Å². The summed E-state index contributed by atoms with van der Waals surface area (Å²) in [5, 5.41) is 2.67. The predicted octanol–water partition coefficient (Wildman–Crippen LogP) is 6.50. The van der Waals surface area contributed by atoms with Crippen molar-refractivity contribution in [3.05, 3.63) is 48.5 Å². The molecule has 2 N–H and O–H groups in total. The van der Waals surface area contributed by atoms with E-state index in [1.807, 2.05) is 37.5 Å². The number of benzene rings is 2. The average molecular weight is 583 g/mol. The van der Waals surface area contributed by atoms with Crippen LogP contribution in [0.5, 0.6) is 0 Å². The topological polar surface area (TPSA) is 64.7 Å². The van der Waals surface area contributed by atoms with Gasteiger partial charge in [0.1, 0.15) is 0 Å². The monoisotopic (exact) mass is 582 g/mol. The largest absolute Gasteiger partial charge is 0.393 e. The molecule has 0 saturated carbocycles.